The zero-order valence-corrected chi connectivity index (χ0v) is 7.34. The van der Waals surface area contributed by atoms with E-state index in [1.54, 1.807) is 30.3 Å². The first-order valence-electron chi connectivity index (χ1n) is 3.76. The summed E-state index contributed by atoms with van der Waals surface area (Å²) in [5, 5.41) is 16.2. The van der Waals surface area contributed by atoms with Crippen molar-refractivity contribution in [2.75, 3.05) is 0 Å². The number of carboxylic acids is 1. The molecule has 0 spiro atoms. The van der Waals surface area contributed by atoms with Crippen LogP contribution in [0.2, 0.25) is 0 Å². The summed E-state index contributed by atoms with van der Waals surface area (Å²) in [5.74, 6) is -0.879. The normalized spacial score (nSPS) is 11.0. The Morgan fingerprint density at radius 3 is 2.00 bits per heavy atom. The van der Waals surface area contributed by atoms with Crippen LogP contribution in [-0.4, -0.2) is 22.4 Å². The maximum absolute atomic E-state index is 10.2. The SMILES string of the molecule is CC(N)O.O=C(O)c1ccccc1. The molecular weight excluding hydrogens is 170 g/mol. The minimum atomic E-state index is -0.879. The molecule has 0 aliphatic heterocycles. The molecule has 4 nitrogen and oxygen atoms in total. The molecule has 0 aliphatic rings. The van der Waals surface area contributed by atoms with Gasteiger partial charge in [0.2, 0.25) is 0 Å². The van der Waals surface area contributed by atoms with E-state index in [-0.39, 0.29) is 0 Å². The van der Waals surface area contributed by atoms with Crippen LogP contribution < -0.4 is 5.73 Å². The second-order valence-electron chi connectivity index (χ2n) is 2.41. The van der Waals surface area contributed by atoms with Crippen LogP contribution in [0.5, 0.6) is 0 Å². The highest BCUT2D eigenvalue weighted by Crippen LogP contribution is 1.96. The van der Waals surface area contributed by atoms with Crippen LogP contribution >= 0.6 is 0 Å². The highest BCUT2D eigenvalue weighted by Gasteiger charge is 1.96. The Hall–Kier alpha value is -1.39. The van der Waals surface area contributed by atoms with E-state index in [1.165, 1.54) is 6.92 Å². The molecule has 0 saturated carbocycles. The Labute approximate surface area is 76.6 Å². The number of aromatic carboxylic acids is 1. The predicted octanol–water partition coefficient (Wildman–Crippen LogP) is 0.668. The van der Waals surface area contributed by atoms with Crippen LogP contribution in [0.15, 0.2) is 30.3 Å². The van der Waals surface area contributed by atoms with E-state index in [2.05, 4.69) is 5.73 Å². The minimum absolute atomic E-state index is 0.331. The largest absolute Gasteiger partial charge is 0.478 e. The monoisotopic (exact) mass is 183 g/mol. The van der Waals surface area contributed by atoms with E-state index in [1.807, 2.05) is 0 Å². The van der Waals surface area contributed by atoms with Gasteiger partial charge < -0.3 is 15.9 Å². The predicted molar refractivity (Wildman–Crippen MR) is 49.3 cm³/mol. The molecule has 1 aromatic rings. The van der Waals surface area contributed by atoms with Gasteiger partial charge in [-0.3, -0.25) is 0 Å². The highest BCUT2D eigenvalue weighted by atomic mass is 16.4. The molecule has 0 fully saturated rings. The van der Waals surface area contributed by atoms with Crippen molar-refractivity contribution < 1.29 is 15.0 Å². The van der Waals surface area contributed by atoms with Crippen molar-refractivity contribution in [2.24, 2.45) is 5.73 Å². The zero-order chi connectivity index (χ0) is 10.3. The Morgan fingerprint density at radius 1 is 1.38 bits per heavy atom. The number of hydrogen-bond acceptors (Lipinski definition) is 3. The summed E-state index contributed by atoms with van der Waals surface area (Å²) in [7, 11) is 0. The summed E-state index contributed by atoms with van der Waals surface area (Å²) in [6.07, 6.45) is -0.667. The lowest BCUT2D eigenvalue weighted by Crippen LogP contribution is -2.11. The van der Waals surface area contributed by atoms with Crippen molar-refractivity contribution in [3.05, 3.63) is 35.9 Å². The summed E-state index contributed by atoms with van der Waals surface area (Å²) in [5.41, 5.74) is 5.00. The Morgan fingerprint density at radius 2 is 1.77 bits per heavy atom. The Balaban J connectivity index is 0.000000310. The van der Waals surface area contributed by atoms with Crippen LogP contribution in [0.25, 0.3) is 0 Å². The number of rotatable bonds is 1. The van der Waals surface area contributed by atoms with E-state index in [9.17, 15) is 4.79 Å². The van der Waals surface area contributed by atoms with Crippen LogP contribution in [-0.2, 0) is 0 Å². The molecule has 4 N–H and O–H groups in total. The lowest BCUT2D eigenvalue weighted by atomic mass is 10.2. The summed E-state index contributed by atoms with van der Waals surface area (Å²) >= 11 is 0. The molecule has 1 aromatic carbocycles. The zero-order valence-electron chi connectivity index (χ0n) is 7.34. The molecular formula is C9H13NO3. The number of hydrogen-bond donors (Lipinski definition) is 3. The van der Waals surface area contributed by atoms with Gasteiger partial charge in [-0.1, -0.05) is 18.2 Å². The van der Waals surface area contributed by atoms with E-state index in [0.29, 0.717) is 5.56 Å². The Bertz CT molecular complexity index is 244. The van der Waals surface area contributed by atoms with Gasteiger partial charge in [-0.25, -0.2) is 4.79 Å². The van der Waals surface area contributed by atoms with Gasteiger partial charge in [-0.05, 0) is 19.1 Å². The summed E-state index contributed by atoms with van der Waals surface area (Å²) in [4.78, 5) is 10.2. The van der Waals surface area contributed by atoms with E-state index in [4.69, 9.17) is 10.2 Å². The highest BCUT2D eigenvalue weighted by molar-refractivity contribution is 5.87. The van der Waals surface area contributed by atoms with Crippen molar-refractivity contribution in [2.45, 2.75) is 13.2 Å². The molecule has 0 saturated heterocycles. The fraction of sp³-hybridized carbons (Fsp3) is 0.222. The van der Waals surface area contributed by atoms with Crippen LogP contribution in [0.1, 0.15) is 17.3 Å². The molecule has 72 valence electrons. The van der Waals surface area contributed by atoms with Gasteiger partial charge in [0.05, 0.1) is 11.8 Å². The van der Waals surface area contributed by atoms with Crippen molar-refractivity contribution >= 4 is 5.97 Å². The van der Waals surface area contributed by atoms with E-state index < -0.39 is 12.2 Å². The van der Waals surface area contributed by atoms with Gasteiger partial charge >= 0.3 is 5.97 Å². The summed E-state index contributed by atoms with van der Waals surface area (Å²) < 4.78 is 0. The third-order valence-electron chi connectivity index (χ3n) is 1.02. The van der Waals surface area contributed by atoms with Gasteiger partial charge in [0, 0.05) is 0 Å². The molecule has 13 heavy (non-hydrogen) atoms. The second kappa shape index (κ2) is 6.16. The number of aliphatic hydroxyl groups is 1. The molecule has 1 unspecified atom stereocenters. The molecule has 0 bridgehead atoms. The van der Waals surface area contributed by atoms with Crippen molar-refractivity contribution in [1.82, 2.24) is 0 Å². The molecule has 1 atom stereocenters. The molecule has 4 heteroatoms. The number of carboxylic acid groups (broad SMARTS) is 1. The maximum atomic E-state index is 10.2. The number of aliphatic hydroxyl groups excluding tert-OH is 1. The van der Waals surface area contributed by atoms with Gasteiger partial charge in [-0.15, -0.1) is 0 Å². The lowest BCUT2D eigenvalue weighted by Gasteiger charge is -1.88. The average Bonchev–Trinajstić information content (AvgIpc) is 2.05. The summed E-state index contributed by atoms with van der Waals surface area (Å²) in [6, 6.07) is 8.30. The second-order valence-corrected chi connectivity index (χ2v) is 2.41. The van der Waals surface area contributed by atoms with Gasteiger partial charge in [0.1, 0.15) is 0 Å². The van der Waals surface area contributed by atoms with Gasteiger partial charge in [0.15, 0.2) is 0 Å². The fourth-order valence-corrected chi connectivity index (χ4v) is 0.581. The first kappa shape index (κ1) is 11.6. The van der Waals surface area contributed by atoms with Crippen LogP contribution in [0, 0.1) is 0 Å². The average molecular weight is 183 g/mol. The minimum Gasteiger partial charge on any atom is -0.478 e. The standard InChI is InChI=1S/C7H6O2.C2H7NO/c8-7(9)6-4-2-1-3-5-6;1-2(3)4/h1-5H,(H,8,9);2,4H,3H2,1H3. The Kier molecular flexibility index (Phi) is 5.50. The first-order chi connectivity index (χ1) is 6.04. The van der Waals surface area contributed by atoms with Crippen LogP contribution in [0.4, 0.5) is 0 Å². The lowest BCUT2D eigenvalue weighted by molar-refractivity contribution is 0.0697. The van der Waals surface area contributed by atoms with E-state index in [0.717, 1.165) is 0 Å². The molecule has 0 aliphatic carbocycles. The topological polar surface area (TPSA) is 83.5 Å². The van der Waals surface area contributed by atoms with Gasteiger partial charge in [-0.2, -0.15) is 0 Å². The quantitative estimate of drug-likeness (QED) is 0.559. The van der Waals surface area contributed by atoms with Crippen molar-refractivity contribution in [3.63, 3.8) is 0 Å². The molecule has 1 rings (SSSR count). The number of carbonyl (C=O) groups is 1. The maximum Gasteiger partial charge on any atom is 0.335 e. The molecule has 0 heterocycles. The molecule has 0 aromatic heterocycles. The number of benzene rings is 1. The third kappa shape index (κ3) is 6.99. The smallest absolute Gasteiger partial charge is 0.335 e. The summed E-state index contributed by atoms with van der Waals surface area (Å²) in [6.45, 7) is 1.50. The number of nitrogens with two attached hydrogens (primary N) is 1. The third-order valence-corrected chi connectivity index (χ3v) is 1.02. The van der Waals surface area contributed by atoms with Crippen molar-refractivity contribution in [3.8, 4) is 0 Å². The first-order valence-corrected chi connectivity index (χ1v) is 3.76. The molecule has 0 radical (unpaired) electrons. The van der Waals surface area contributed by atoms with Crippen LogP contribution in [0.3, 0.4) is 0 Å². The van der Waals surface area contributed by atoms with Gasteiger partial charge in [0.25, 0.3) is 0 Å². The molecule has 0 amide bonds. The van der Waals surface area contributed by atoms with E-state index >= 15 is 0 Å². The fourth-order valence-electron chi connectivity index (χ4n) is 0.581. The van der Waals surface area contributed by atoms with Crippen molar-refractivity contribution in [1.29, 1.82) is 0 Å².